The van der Waals surface area contributed by atoms with Gasteiger partial charge >= 0.3 is 0 Å². The number of isothiocyanates is 3. The van der Waals surface area contributed by atoms with Gasteiger partial charge < -0.3 is 0 Å². The molecule has 0 spiro atoms. The highest BCUT2D eigenvalue weighted by molar-refractivity contribution is 8.00. The van der Waals surface area contributed by atoms with Crippen molar-refractivity contribution in [1.29, 1.82) is 0 Å². The van der Waals surface area contributed by atoms with E-state index in [1.165, 1.54) is 0 Å². The third-order valence-corrected chi connectivity index (χ3v) is 2.92. The van der Waals surface area contributed by atoms with Gasteiger partial charge in [-0.1, -0.05) is 0 Å². The topological polar surface area (TPSA) is 37.1 Å². The number of aliphatic imine (C=N–C) groups is 3. The van der Waals surface area contributed by atoms with Crippen molar-refractivity contribution in [1.82, 2.24) is 0 Å². The average Bonchev–Trinajstić information content (AvgIpc) is 2.27. The van der Waals surface area contributed by atoms with E-state index < -0.39 is 0 Å². The van der Waals surface area contributed by atoms with E-state index in [0.29, 0.717) is 19.6 Å². The summed E-state index contributed by atoms with van der Waals surface area (Å²) in [5.41, 5.74) is 0. The van der Waals surface area contributed by atoms with Gasteiger partial charge in [0.2, 0.25) is 0 Å². The smallest absolute Gasteiger partial charge is 0.0630 e. The second-order valence-electron chi connectivity index (χ2n) is 2.33. The van der Waals surface area contributed by atoms with Gasteiger partial charge in [0.05, 0.1) is 35.1 Å². The van der Waals surface area contributed by atoms with Crippen LogP contribution < -0.4 is 0 Å². The summed E-state index contributed by atoms with van der Waals surface area (Å²) < 4.78 is 0. The first-order chi connectivity index (χ1) is 7.35. The summed E-state index contributed by atoms with van der Waals surface area (Å²) in [4.78, 5) is 11.6. The Bertz CT molecular complexity index is 292. The van der Waals surface area contributed by atoms with Crippen LogP contribution in [0.15, 0.2) is 15.0 Å². The molecule has 0 radical (unpaired) electrons. The van der Waals surface area contributed by atoms with Crippen LogP contribution in [-0.4, -0.2) is 46.1 Å². The number of thiocarbonyl (C=S) groups is 3. The lowest BCUT2D eigenvalue weighted by molar-refractivity contribution is 0.871. The average molecular weight is 275 g/mol. The minimum atomic E-state index is 0.247. The molecule has 0 unspecified atom stereocenters. The van der Waals surface area contributed by atoms with Gasteiger partial charge in [0.25, 0.3) is 0 Å². The van der Waals surface area contributed by atoms with Crippen molar-refractivity contribution in [2.75, 3.05) is 25.4 Å². The molecule has 0 amide bonds. The fourth-order valence-electron chi connectivity index (χ4n) is 0.752. The minimum absolute atomic E-state index is 0.247. The molecule has 3 nitrogen and oxygen atoms in total. The molecule has 0 aliphatic carbocycles. The molecule has 0 aliphatic rings. The monoisotopic (exact) mass is 275 g/mol. The van der Waals surface area contributed by atoms with Gasteiger partial charge in [0.15, 0.2) is 0 Å². The molecule has 0 aromatic heterocycles. The fourth-order valence-corrected chi connectivity index (χ4v) is 1.88. The molecule has 0 fully saturated rings. The molecule has 0 heterocycles. The fraction of sp³-hybridized carbons (Fsp3) is 0.625. The number of hydrogen-bond acceptors (Lipinski definition) is 7. The van der Waals surface area contributed by atoms with Crippen molar-refractivity contribution in [3.8, 4) is 0 Å². The minimum Gasteiger partial charge on any atom is -0.232 e. The summed E-state index contributed by atoms with van der Waals surface area (Å²) in [7, 11) is 0. The summed E-state index contributed by atoms with van der Waals surface area (Å²) in [5, 5.41) is 7.23. The number of rotatable bonds is 8. The summed E-state index contributed by atoms with van der Waals surface area (Å²) in [6.45, 7) is 1.85. The Balaban J connectivity index is 3.92. The zero-order chi connectivity index (χ0) is 11.4. The van der Waals surface area contributed by atoms with Crippen molar-refractivity contribution < 1.29 is 0 Å². The van der Waals surface area contributed by atoms with E-state index in [9.17, 15) is 0 Å². The highest BCUT2D eigenvalue weighted by atomic mass is 32.2. The van der Waals surface area contributed by atoms with E-state index in [0.717, 1.165) is 5.75 Å². The molecule has 0 aliphatic heterocycles. The van der Waals surface area contributed by atoms with Crippen LogP contribution in [0.3, 0.4) is 0 Å². The van der Waals surface area contributed by atoms with Crippen molar-refractivity contribution >= 4 is 63.9 Å². The van der Waals surface area contributed by atoms with Crippen LogP contribution in [0.4, 0.5) is 0 Å². The van der Waals surface area contributed by atoms with Gasteiger partial charge in [-0.25, -0.2) is 15.0 Å². The van der Waals surface area contributed by atoms with Gasteiger partial charge in [-0.2, -0.15) is 11.8 Å². The van der Waals surface area contributed by atoms with Crippen LogP contribution in [0.2, 0.25) is 0 Å². The molecule has 80 valence electrons. The molecule has 7 heteroatoms. The summed E-state index contributed by atoms with van der Waals surface area (Å²) in [6, 6.07) is 0. The van der Waals surface area contributed by atoms with Crippen molar-refractivity contribution in [2.45, 2.75) is 5.25 Å². The molecule has 0 aromatic carbocycles. The van der Waals surface area contributed by atoms with E-state index in [2.05, 4.69) is 67.1 Å². The maximum atomic E-state index is 4.50. The Hall–Kier alpha value is -0.250. The van der Waals surface area contributed by atoms with E-state index in [1.807, 2.05) is 0 Å². The number of thioether (sulfide) groups is 1. The van der Waals surface area contributed by atoms with E-state index in [1.54, 1.807) is 11.8 Å². The Labute approximate surface area is 109 Å². The van der Waals surface area contributed by atoms with Gasteiger partial charge in [-0.05, 0) is 36.7 Å². The summed E-state index contributed by atoms with van der Waals surface area (Å²) >= 11 is 15.2. The van der Waals surface area contributed by atoms with E-state index in [-0.39, 0.29) is 5.25 Å². The zero-order valence-corrected chi connectivity index (χ0v) is 11.1. The van der Waals surface area contributed by atoms with Gasteiger partial charge in [0, 0.05) is 11.0 Å². The first-order valence-corrected chi connectivity index (χ1v) is 6.35. The van der Waals surface area contributed by atoms with Crippen molar-refractivity contribution in [3.63, 3.8) is 0 Å². The SMILES string of the molecule is S=C=NCCSC(CN=C=S)CN=C=S. The summed E-state index contributed by atoms with van der Waals surface area (Å²) in [5.74, 6) is 0.855. The van der Waals surface area contributed by atoms with E-state index >= 15 is 0 Å². The molecule has 0 saturated heterocycles. The van der Waals surface area contributed by atoms with Crippen LogP contribution in [0.25, 0.3) is 0 Å². The molecule has 15 heavy (non-hydrogen) atoms. The molecular formula is C8H9N3S4. The Morgan fingerprint density at radius 1 is 0.933 bits per heavy atom. The Kier molecular flexibility index (Phi) is 11.6. The molecular weight excluding hydrogens is 266 g/mol. The zero-order valence-electron chi connectivity index (χ0n) is 7.88. The quantitative estimate of drug-likeness (QED) is 0.387. The largest absolute Gasteiger partial charge is 0.232 e. The highest BCUT2D eigenvalue weighted by Crippen LogP contribution is 2.11. The first-order valence-electron chi connectivity index (χ1n) is 4.07. The van der Waals surface area contributed by atoms with E-state index in [4.69, 9.17) is 0 Å². The number of nitrogens with zero attached hydrogens (tertiary/aromatic N) is 3. The normalized spacial score (nSPS) is 10.4. The molecule has 0 saturated carbocycles. The molecule has 0 aromatic rings. The Morgan fingerprint density at radius 3 is 1.93 bits per heavy atom. The van der Waals surface area contributed by atoms with Crippen LogP contribution in [-0.2, 0) is 0 Å². The lowest BCUT2D eigenvalue weighted by Crippen LogP contribution is -2.12. The van der Waals surface area contributed by atoms with Crippen molar-refractivity contribution in [2.24, 2.45) is 15.0 Å². The maximum absolute atomic E-state index is 4.50. The molecule has 0 N–H and O–H groups in total. The summed E-state index contributed by atoms with van der Waals surface area (Å²) in [6.07, 6.45) is 0. The third kappa shape index (κ3) is 10.0. The van der Waals surface area contributed by atoms with Crippen LogP contribution in [0, 0.1) is 0 Å². The van der Waals surface area contributed by atoms with Crippen LogP contribution in [0.5, 0.6) is 0 Å². The van der Waals surface area contributed by atoms with Gasteiger partial charge in [0.1, 0.15) is 0 Å². The van der Waals surface area contributed by atoms with Crippen molar-refractivity contribution in [3.05, 3.63) is 0 Å². The first kappa shape index (κ1) is 14.8. The van der Waals surface area contributed by atoms with Crippen LogP contribution in [0.1, 0.15) is 0 Å². The molecule has 0 rings (SSSR count). The third-order valence-electron chi connectivity index (χ3n) is 1.34. The molecule has 0 atom stereocenters. The number of hydrogen-bond donors (Lipinski definition) is 0. The maximum Gasteiger partial charge on any atom is 0.0630 e. The lowest BCUT2D eigenvalue weighted by Gasteiger charge is -2.08. The Morgan fingerprint density at radius 2 is 1.47 bits per heavy atom. The van der Waals surface area contributed by atoms with Crippen LogP contribution >= 0.6 is 48.4 Å². The predicted molar refractivity (Wildman–Crippen MR) is 75.9 cm³/mol. The lowest BCUT2D eigenvalue weighted by atomic mass is 10.4. The molecule has 0 bridgehead atoms. The van der Waals surface area contributed by atoms with Gasteiger partial charge in [-0.3, -0.25) is 0 Å². The predicted octanol–water partition coefficient (Wildman–Crippen LogP) is 2.40. The highest BCUT2D eigenvalue weighted by Gasteiger charge is 2.06. The standard InChI is InChI=1S/C8H9N3S4/c12-5-9-1-2-15-8(3-10-6-13)4-11-7-14/h8H,1-4H2. The second kappa shape index (κ2) is 11.8. The second-order valence-corrected chi connectivity index (χ2v) is 4.29. The van der Waals surface area contributed by atoms with Gasteiger partial charge in [-0.15, -0.1) is 0 Å².